The quantitative estimate of drug-likeness (QED) is 0.424. The molecule has 0 radical (unpaired) electrons. The van der Waals surface area contributed by atoms with E-state index in [1.807, 2.05) is 48.5 Å². The first-order chi connectivity index (χ1) is 14.4. The Morgan fingerprint density at radius 2 is 1.10 bits per heavy atom. The van der Waals surface area contributed by atoms with Gasteiger partial charge in [-0.25, -0.2) is 0 Å². The lowest BCUT2D eigenvalue weighted by molar-refractivity contribution is 0.149. The van der Waals surface area contributed by atoms with E-state index in [9.17, 15) is 0 Å². The first-order valence-corrected chi connectivity index (χ1v) is 10.9. The Bertz CT molecular complexity index is 1180. The number of halogens is 2. The zero-order chi connectivity index (χ0) is 20.9. The largest absolute Gasteiger partial charge is 0.320 e. The molecule has 0 bridgehead atoms. The molecule has 1 saturated carbocycles. The molecule has 6 heteroatoms. The lowest BCUT2D eigenvalue weighted by Crippen LogP contribution is -2.62. The Balaban J connectivity index is 1.78. The molecule has 2 heterocycles. The number of fused-ring (bicyclic) bond motifs is 2. The van der Waals surface area contributed by atoms with Crippen LogP contribution >= 0.6 is 23.2 Å². The van der Waals surface area contributed by atoms with Gasteiger partial charge in [-0.1, -0.05) is 48.2 Å². The highest BCUT2D eigenvalue weighted by molar-refractivity contribution is 6.31. The zero-order valence-electron chi connectivity index (χ0n) is 16.4. The SMILES string of the molecule is NC1(c2ccnc3cc(Cl)ccc23)CCCCC1(N)c1ccnc2cc(Cl)ccc12. The van der Waals surface area contributed by atoms with E-state index < -0.39 is 11.1 Å². The first kappa shape index (κ1) is 19.7. The highest BCUT2D eigenvalue weighted by Gasteiger charge is 2.51. The van der Waals surface area contributed by atoms with Gasteiger partial charge in [0, 0.05) is 33.2 Å². The van der Waals surface area contributed by atoms with Crippen LogP contribution in [0.15, 0.2) is 60.9 Å². The van der Waals surface area contributed by atoms with Crippen LogP contribution in [-0.4, -0.2) is 9.97 Å². The maximum absolute atomic E-state index is 7.28. The van der Waals surface area contributed by atoms with Gasteiger partial charge in [-0.2, -0.15) is 0 Å². The summed E-state index contributed by atoms with van der Waals surface area (Å²) in [7, 11) is 0. The Hall–Kier alpha value is -2.24. The van der Waals surface area contributed by atoms with Gasteiger partial charge in [0.15, 0.2) is 0 Å². The van der Waals surface area contributed by atoms with E-state index in [0.29, 0.717) is 10.0 Å². The molecule has 4 aromatic rings. The zero-order valence-corrected chi connectivity index (χ0v) is 17.9. The molecule has 5 rings (SSSR count). The number of hydrogen-bond donors (Lipinski definition) is 2. The fourth-order valence-electron chi connectivity index (χ4n) is 5.02. The van der Waals surface area contributed by atoms with Gasteiger partial charge in [0.1, 0.15) is 0 Å². The molecule has 4 nitrogen and oxygen atoms in total. The van der Waals surface area contributed by atoms with Crippen molar-refractivity contribution >= 4 is 45.0 Å². The average Bonchev–Trinajstić information content (AvgIpc) is 2.74. The molecule has 0 aliphatic heterocycles. The smallest absolute Gasteiger partial charge is 0.0720 e. The van der Waals surface area contributed by atoms with Crippen molar-refractivity contribution < 1.29 is 0 Å². The molecule has 0 saturated heterocycles. The molecular weight excluding hydrogens is 415 g/mol. The summed E-state index contributed by atoms with van der Waals surface area (Å²) in [6, 6.07) is 15.5. The van der Waals surface area contributed by atoms with Crippen LogP contribution in [0.1, 0.15) is 36.8 Å². The van der Waals surface area contributed by atoms with E-state index in [1.165, 1.54) is 0 Å². The fraction of sp³-hybridized carbons (Fsp3) is 0.250. The van der Waals surface area contributed by atoms with Gasteiger partial charge < -0.3 is 11.5 Å². The summed E-state index contributed by atoms with van der Waals surface area (Å²) in [5, 5.41) is 3.28. The van der Waals surface area contributed by atoms with Crippen molar-refractivity contribution in [2.75, 3.05) is 0 Å². The second-order valence-corrected chi connectivity index (χ2v) is 9.06. The minimum absolute atomic E-state index is 0.651. The second-order valence-electron chi connectivity index (χ2n) is 8.19. The molecule has 2 atom stereocenters. The van der Waals surface area contributed by atoms with Crippen LogP contribution in [0, 0.1) is 0 Å². The van der Waals surface area contributed by atoms with Crippen molar-refractivity contribution in [1.29, 1.82) is 0 Å². The van der Waals surface area contributed by atoms with Crippen LogP contribution in [-0.2, 0) is 11.1 Å². The first-order valence-electron chi connectivity index (χ1n) is 10.1. The summed E-state index contributed by atoms with van der Waals surface area (Å²) in [6.45, 7) is 0. The molecule has 2 unspecified atom stereocenters. The number of nitrogens with two attached hydrogens (primary N) is 2. The van der Waals surface area contributed by atoms with Gasteiger partial charge in [-0.3, -0.25) is 9.97 Å². The predicted octanol–water partition coefficient (Wildman–Crippen LogP) is 5.67. The van der Waals surface area contributed by atoms with E-state index in [0.717, 1.165) is 58.6 Å². The number of aromatic nitrogens is 2. The third-order valence-electron chi connectivity index (χ3n) is 6.56. The van der Waals surface area contributed by atoms with Crippen LogP contribution in [0.25, 0.3) is 21.8 Å². The Labute approximate surface area is 185 Å². The Morgan fingerprint density at radius 1 is 0.667 bits per heavy atom. The Kier molecular flexibility index (Phi) is 4.71. The predicted molar refractivity (Wildman–Crippen MR) is 124 cm³/mol. The average molecular weight is 437 g/mol. The Morgan fingerprint density at radius 3 is 1.53 bits per heavy atom. The van der Waals surface area contributed by atoms with Crippen molar-refractivity contribution in [2.45, 2.75) is 36.8 Å². The number of nitrogens with zero attached hydrogens (tertiary/aromatic N) is 2. The lowest BCUT2D eigenvalue weighted by Gasteiger charge is -2.50. The van der Waals surface area contributed by atoms with Crippen molar-refractivity contribution in [1.82, 2.24) is 9.97 Å². The minimum atomic E-state index is -0.770. The summed E-state index contributed by atoms with van der Waals surface area (Å²) in [6.07, 6.45) is 7.18. The molecule has 2 aromatic carbocycles. The van der Waals surface area contributed by atoms with Gasteiger partial charge in [-0.15, -0.1) is 0 Å². The van der Waals surface area contributed by atoms with Gasteiger partial charge in [0.2, 0.25) is 0 Å². The molecule has 1 aliphatic rings. The van der Waals surface area contributed by atoms with Gasteiger partial charge in [0.25, 0.3) is 0 Å². The van der Waals surface area contributed by atoms with Gasteiger partial charge in [-0.05, 0) is 60.4 Å². The topological polar surface area (TPSA) is 77.8 Å². The van der Waals surface area contributed by atoms with E-state index in [4.69, 9.17) is 34.7 Å². The third kappa shape index (κ3) is 2.90. The van der Waals surface area contributed by atoms with Crippen molar-refractivity contribution in [3.05, 3.63) is 82.1 Å². The molecule has 1 fully saturated rings. The molecule has 2 aromatic heterocycles. The molecule has 30 heavy (non-hydrogen) atoms. The van der Waals surface area contributed by atoms with Crippen molar-refractivity contribution in [3.8, 4) is 0 Å². The molecule has 152 valence electrons. The van der Waals surface area contributed by atoms with Crippen LogP contribution in [0.2, 0.25) is 10.0 Å². The lowest BCUT2D eigenvalue weighted by atomic mass is 9.61. The van der Waals surface area contributed by atoms with E-state index in [2.05, 4.69) is 9.97 Å². The van der Waals surface area contributed by atoms with Crippen LogP contribution < -0.4 is 11.5 Å². The summed E-state index contributed by atoms with van der Waals surface area (Å²) in [5.41, 5.74) is 16.7. The molecule has 1 aliphatic carbocycles. The van der Waals surface area contributed by atoms with Gasteiger partial charge >= 0.3 is 0 Å². The maximum atomic E-state index is 7.28. The second kappa shape index (κ2) is 7.17. The molecule has 0 amide bonds. The van der Waals surface area contributed by atoms with Crippen LogP contribution in [0.3, 0.4) is 0 Å². The van der Waals surface area contributed by atoms with Crippen molar-refractivity contribution in [2.24, 2.45) is 11.5 Å². The molecule has 0 spiro atoms. The summed E-state index contributed by atoms with van der Waals surface area (Å²) < 4.78 is 0. The van der Waals surface area contributed by atoms with Crippen LogP contribution in [0.5, 0.6) is 0 Å². The highest BCUT2D eigenvalue weighted by Crippen LogP contribution is 2.50. The standard InChI is InChI=1S/C24H22Cl2N4/c25-15-3-5-17-19(7-11-29-21(17)13-15)23(27)9-1-2-10-24(23,28)20-8-12-30-22-14-16(26)4-6-18(20)22/h3-8,11-14H,1-2,9-10,27-28H2. The minimum Gasteiger partial charge on any atom is -0.320 e. The number of hydrogen-bond acceptors (Lipinski definition) is 4. The highest BCUT2D eigenvalue weighted by atomic mass is 35.5. The third-order valence-corrected chi connectivity index (χ3v) is 7.03. The summed E-state index contributed by atoms with van der Waals surface area (Å²) in [4.78, 5) is 9.01. The van der Waals surface area contributed by atoms with E-state index >= 15 is 0 Å². The van der Waals surface area contributed by atoms with Crippen LogP contribution in [0.4, 0.5) is 0 Å². The van der Waals surface area contributed by atoms with Crippen molar-refractivity contribution in [3.63, 3.8) is 0 Å². The summed E-state index contributed by atoms with van der Waals surface area (Å²) in [5.74, 6) is 0. The van der Waals surface area contributed by atoms with E-state index in [1.54, 1.807) is 12.4 Å². The maximum Gasteiger partial charge on any atom is 0.0720 e. The molecular formula is C24H22Cl2N4. The molecule has 4 N–H and O–H groups in total. The fourth-order valence-corrected chi connectivity index (χ4v) is 5.36. The number of pyridine rings is 2. The number of benzene rings is 2. The van der Waals surface area contributed by atoms with E-state index in [-0.39, 0.29) is 0 Å². The normalized spacial score (nSPS) is 24.4. The monoisotopic (exact) mass is 436 g/mol. The number of rotatable bonds is 2. The summed E-state index contributed by atoms with van der Waals surface area (Å²) >= 11 is 12.4. The van der Waals surface area contributed by atoms with Gasteiger partial charge in [0.05, 0.1) is 22.1 Å².